The first-order valence-corrected chi connectivity index (χ1v) is 57.6. The molecule has 28 nitrogen and oxygen atoms in total. The Hall–Kier alpha value is -4.17. The van der Waals surface area contributed by atoms with Crippen LogP contribution in [-0.2, 0) is 93.2 Å². The summed E-state index contributed by atoms with van der Waals surface area (Å²) in [6.45, 7) is 24.9. The Balaban J connectivity index is 1.38. The van der Waals surface area contributed by atoms with Gasteiger partial charge in [-0.05, 0) is 206 Å². The second kappa shape index (κ2) is 46.8. The summed E-state index contributed by atoms with van der Waals surface area (Å²) in [4.78, 5) is 16.0. The van der Waals surface area contributed by atoms with Gasteiger partial charge in [0.25, 0.3) is 0 Å². The minimum atomic E-state index is -4.55. The first kappa shape index (κ1) is 104. The number of sulfonamides is 4. The number of aromatic amines is 2. The molecule has 5 heterocycles. The molecule has 9 rings (SSSR count). The second-order valence-corrected chi connectivity index (χ2v) is 48.4. The molecule has 7 aromatic rings. The maximum absolute atomic E-state index is 14.9. The van der Waals surface area contributed by atoms with E-state index in [9.17, 15) is 33.7 Å². The van der Waals surface area contributed by atoms with Crippen LogP contribution in [0.25, 0.3) is 90.9 Å². The number of nitrogens with zero attached hydrogens (tertiary/aromatic N) is 2. The molecule has 44 heteroatoms. The number of nitrogens with one attached hydrogen (secondary N) is 6. The monoisotopic (exact) mass is 2020 g/mol. The molecule has 0 amide bonds. The number of rotatable bonds is 52. The number of hydrogen-bond donors (Lipinski definition) is 6. The van der Waals surface area contributed by atoms with Gasteiger partial charge in [0.2, 0.25) is 40.1 Å². The molecule has 124 heavy (non-hydrogen) atoms. The van der Waals surface area contributed by atoms with Gasteiger partial charge in [-0.15, -0.1) is 0 Å². The van der Waals surface area contributed by atoms with Gasteiger partial charge in [0.1, 0.15) is 19.6 Å². The van der Waals surface area contributed by atoms with E-state index in [1.807, 2.05) is 83.1 Å². The Bertz CT molecular complexity index is 4920. The van der Waals surface area contributed by atoms with Crippen molar-refractivity contribution in [1.82, 2.24) is 38.8 Å². The van der Waals surface area contributed by atoms with E-state index in [1.54, 1.807) is 48.6 Å². The molecule has 2 aliphatic heterocycles. The zero-order chi connectivity index (χ0) is 90.6. The number of hydrogen-bond acceptors (Lipinski definition) is 22. The zero-order valence-electron chi connectivity index (χ0n) is 70.9. The highest BCUT2D eigenvalue weighted by Crippen LogP contribution is 2.50. The van der Waals surface area contributed by atoms with Crippen molar-refractivity contribution in [2.24, 2.45) is 0 Å². The first-order chi connectivity index (χ1) is 59.1. The van der Waals surface area contributed by atoms with E-state index in [1.165, 1.54) is 48.5 Å². The zero-order valence-corrected chi connectivity index (χ0v) is 84.2. The van der Waals surface area contributed by atoms with Crippen molar-refractivity contribution in [3.8, 4) is 44.5 Å². The molecular weight excluding hydrogens is 1920 g/mol. The van der Waals surface area contributed by atoms with E-state index in [0.717, 1.165) is 0 Å². The fourth-order valence-electron chi connectivity index (χ4n) is 14.5. The van der Waals surface area contributed by atoms with Crippen LogP contribution in [0.1, 0.15) is 132 Å². The molecule has 2 aliphatic rings. The third kappa shape index (κ3) is 24.6. The lowest BCUT2D eigenvalue weighted by Crippen LogP contribution is -2.46. The minimum Gasteiger partial charge on any atom is -0.374 e. The fourth-order valence-corrected chi connectivity index (χ4v) is 33.0. The molecule has 0 fully saturated rings. The SMILES string of the molecule is CCO[Si](CCCNS(=O)(=O)c1ccc(Cl)c(-c2c3nc(c(-c4c(Cl)ccc(S(=O)(=O)NCCC[Si](OCC)(OCC)OCC)c4Cl)c4ccc([nH]4)c(-c4c(Cl)ccc(S(=O)(=O)NCCC[Si](OCC)(OCC)OCC)c4Cl)c4nc(c(-c5c(Cl)ccc(S(=O)(=O)NCCC[Si](OCC)(OCC)OCC)c5Cl)c5ccc2[nH]5)C=C4)C=C3)c1Cl)(OCC)OCC. The van der Waals surface area contributed by atoms with Crippen LogP contribution in [0.2, 0.25) is 64.4 Å². The number of fused-ring (bicyclic) bond motifs is 8. The minimum absolute atomic E-state index is 0.0459. The standard InChI is InChI=1S/C80H106Cl8N8O20S4Si4/c1-13-105-121(106-14-2,107-15-3)49-25-45-89-117(97,98)65-41-29-53(81)69(77(65)85)73-57-33-35-59(93-57)74(70-54(82)30-42-66(78(70)86)118(99,100)90-46-26-50-122(108-16-4,109-17-5)110-18-6)61-37-39-63(95-61)76(72-56(84)32-44-68(80(72)88)120(103,104)92-48-28-52-124(114-22-10,115-23-11)116-24-12)64-40-38-62(96-64)75(60-36-34-58(73)94-60)71-55(83)31-43-67(79(71)87)119(101,102)91-47-27-51-123(111-19-7,112-20-8)113-21-9/h29-44,89-93,96H,13-28,45-52H2,1-12H3. The number of halogens is 8. The van der Waals surface area contributed by atoms with Gasteiger partial charge in [0, 0.05) is 196 Å². The summed E-state index contributed by atoms with van der Waals surface area (Å²) in [5.74, 6) is 0. The maximum atomic E-state index is 14.9. The lowest BCUT2D eigenvalue weighted by Gasteiger charge is -2.28. The quantitative estimate of drug-likeness (QED) is 0.0152. The lowest BCUT2D eigenvalue weighted by atomic mass is 10.0. The largest absolute Gasteiger partial charge is 0.500 e. The summed E-state index contributed by atoms with van der Waals surface area (Å²) in [6.07, 6.45) is 7.22. The van der Waals surface area contributed by atoms with E-state index in [2.05, 4.69) is 28.9 Å². The topological polar surface area (TPSA) is 353 Å². The molecule has 0 aliphatic carbocycles. The van der Waals surface area contributed by atoms with Crippen molar-refractivity contribution in [3.05, 3.63) is 136 Å². The Kier molecular flexibility index (Phi) is 39.0. The summed E-state index contributed by atoms with van der Waals surface area (Å²) in [7, 11) is -31.2. The number of H-pyrrole nitrogens is 2. The van der Waals surface area contributed by atoms with Crippen molar-refractivity contribution >= 4 is 214 Å². The number of benzene rings is 4. The second-order valence-electron chi connectivity index (χ2n) is 27.4. The molecule has 0 radical (unpaired) electrons. The van der Waals surface area contributed by atoms with Crippen molar-refractivity contribution in [1.29, 1.82) is 0 Å². The van der Waals surface area contributed by atoms with Crippen molar-refractivity contribution in [2.75, 3.05) is 105 Å². The van der Waals surface area contributed by atoms with Gasteiger partial charge in [0.05, 0.1) is 63.0 Å². The van der Waals surface area contributed by atoms with Crippen molar-refractivity contribution in [3.63, 3.8) is 0 Å². The van der Waals surface area contributed by atoms with Gasteiger partial charge in [-0.2, -0.15) is 0 Å². The van der Waals surface area contributed by atoms with Gasteiger partial charge in [-0.25, -0.2) is 62.5 Å². The highest BCUT2D eigenvalue weighted by atomic mass is 35.5. The smallest absolute Gasteiger partial charge is 0.374 e. The molecule has 0 saturated carbocycles. The van der Waals surface area contributed by atoms with Crippen LogP contribution < -0.4 is 18.9 Å². The van der Waals surface area contributed by atoms with Crippen LogP contribution in [0.4, 0.5) is 0 Å². The van der Waals surface area contributed by atoms with Crippen LogP contribution in [0.5, 0.6) is 0 Å². The summed E-state index contributed by atoms with van der Waals surface area (Å²) in [5, 5.41) is -1.78. The first-order valence-electron chi connectivity index (χ1n) is 40.9. The predicted octanol–water partition coefficient (Wildman–Crippen LogP) is 19.4. The number of aromatic nitrogens is 4. The lowest BCUT2D eigenvalue weighted by molar-refractivity contribution is 0.0701. The average Bonchev–Trinajstić information content (AvgIpc) is 1.57. The van der Waals surface area contributed by atoms with Gasteiger partial charge in [-0.3, -0.25) is 0 Å². The van der Waals surface area contributed by atoms with E-state index in [0.29, 0.717) is 79.3 Å². The molecule has 0 saturated heterocycles. The molecule has 3 aromatic heterocycles. The van der Waals surface area contributed by atoms with Gasteiger partial charge < -0.3 is 63.1 Å². The highest BCUT2D eigenvalue weighted by Gasteiger charge is 2.44. The molecule has 4 aromatic carbocycles. The summed E-state index contributed by atoms with van der Waals surface area (Å²) in [6, 6.07) is 18.0. The predicted molar refractivity (Wildman–Crippen MR) is 502 cm³/mol. The Morgan fingerprint density at radius 1 is 0.266 bits per heavy atom. The summed E-state index contributed by atoms with van der Waals surface area (Å²) in [5.41, 5.74) is 0.678. The molecule has 6 N–H and O–H groups in total. The fraction of sp³-hybridized carbons (Fsp3) is 0.450. The molecule has 682 valence electrons. The van der Waals surface area contributed by atoms with Crippen LogP contribution in [0.15, 0.2) is 92.4 Å². The van der Waals surface area contributed by atoms with Crippen LogP contribution in [0.3, 0.4) is 0 Å². The molecule has 8 bridgehead atoms. The maximum Gasteiger partial charge on any atom is 0.500 e. The molecular formula is C80H106Cl8N8O20S4Si4. The third-order valence-electron chi connectivity index (χ3n) is 19.3. The highest BCUT2D eigenvalue weighted by molar-refractivity contribution is 7.90. The van der Waals surface area contributed by atoms with Gasteiger partial charge >= 0.3 is 35.2 Å². The van der Waals surface area contributed by atoms with Crippen molar-refractivity contribution in [2.45, 2.75) is 153 Å². The Morgan fingerprint density at radius 3 is 0.597 bits per heavy atom. The van der Waals surface area contributed by atoms with E-state index in [4.69, 9.17) is 156 Å². The van der Waals surface area contributed by atoms with E-state index < -0.39 is 94.9 Å². The Labute approximate surface area is 771 Å². The average molecular weight is 2020 g/mol. The van der Waals surface area contributed by atoms with Crippen LogP contribution >= 0.6 is 92.8 Å². The van der Waals surface area contributed by atoms with E-state index in [-0.39, 0.29) is 206 Å². The summed E-state index contributed by atoms with van der Waals surface area (Å²) >= 11 is 60.1. The molecule has 0 atom stereocenters. The third-order valence-corrected chi connectivity index (χ3v) is 41.2. The molecule has 0 spiro atoms. The Morgan fingerprint density at radius 2 is 0.435 bits per heavy atom. The summed E-state index contributed by atoms with van der Waals surface area (Å²) < 4.78 is 203. The normalized spacial score (nSPS) is 13.2. The van der Waals surface area contributed by atoms with Crippen molar-refractivity contribution < 1.29 is 86.8 Å². The van der Waals surface area contributed by atoms with Gasteiger partial charge in [-0.1, -0.05) is 92.8 Å². The molecule has 0 unspecified atom stereocenters. The van der Waals surface area contributed by atoms with Gasteiger partial charge in [0.15, 0.2) is 0 Å². The van der Waals surface area contributed by atoms with E-state index >= 15 is 0 Å². The van der Waals surface area contributed by atoms with Crippen LogP contribution in [-0.4, -0.2) is 194 Å². The van der Waals surface area contributed by atoms with Crippen LogP contribution in [0, 0.1) is 0 Å².